The van der Waals surface area contributed by atoms with E-state index in [0.29, 0.717) is 29.8 Å². The Bertz CT molecular complexity index is 854. The molecule has 0 aliphatic rings. The van der Waals surface area contributed by atoms with Crippen molar-refractivity contribution in [1.29, 1.82) is 0 Å². The second-order valence-corrected chi connectivity index (χ2v) is 7.24. The van der Waals surface area contributed by atoms with Crippen LogP contribution in [0.25, 0.3) is 10.9 Å². The Labute approximate surface area is 152 Å². The van der Waals surface area contributed by atoms with Crippen LogP contribution < -0.4 is 21.1 Å². The molecular formula is C18H26N5O3+. The number of imide groups is 1. The molecule has 0 radical (unpaired) electrons. The van der Waals surface area contributed by atoms with E-state index in [1.165, 1.54) is 0 Å². The molecule has 1 heterocycles. The highest BCUT2D eigenvalue weighted by Crippen LogP contribution is 2.04. The van der Waals surface area contributed by atoms with Crippen LogP contribution in [0.1, 0.15) is 33.5 Å². The van der Waals surface area contributed by atoms with Crippen molar-refractivity contribution in [2.24, 2.45) is 0 Å². The van der Waals surface area contributed by atoms with E-state index in [0.717, 1.165) is 4.90 Å². The topological polar surface area (TPSA) is 108 Å². The lowest BCUT2D eigenvalue weighted by Crippen LogP contribution is -3.11. The van der Waals surface area contributed by atoms with Crippen LogP contribution in [0.3, 0.4) is 0 Å². The van der Waals surface area contributed by atoms with Gasteiger partial charge in [-0.25, -0.2) is 9.78 Å². The van der Waals surface area contributed by atoms with Crippen LogP contribution in [0.4, 0.5) is 4.79 Å². The average Bonchev–Trinajstić information content (AvgIpc) is 2.52. The van der Waals surface area contributed by atoms with Crippen molar-refractivity contribution in [2.75, 3.05) is 13.1 Å². The van der Waals surface area contributed by atoms with Crippen molar-refractivity contribution in [2.45, 2.75) is 39.8 Å². The van der Waals surface area contributed by atoms with Crippen LogP contribution >= 0.6 is 0 Å². The summed E-state index contributed by atoms with van der Waals surface area (Å²) in [5.74, 6) is 0.129. The van der Waals surface area contributed by atoms with Crippen molar-refractivity contribution in [3.8, 4) is 0 Å². The molecular weight excluding hydrogens is 334 g/mol. The monoisotopic (exact) mass is 360 g/mol. The van der Waals surface area contributed by atoms with Gasteiger partial charge in [0.25, 0.3) is 11.5 Å². The van der Waals surface area contributed by atoms with Crippen LogP contribution in [0.15, 0.2) is 29.1 Å². The highest BCUT2D eigenvalue weighted by molar-refractivity contribution is 5.94. The minimum Gasteiger partial charge on any atom is -0.333 e. The van der Waals surface area contributed by atoms with E-state index in [4.69, 9.17) is 0 Å². The Morgan fingerprint density at radius 3 is 2.58 bits per heavy atom. The SMILES string of the molecule is CC[NH+](CC(=O)NC(=O)NC(C)(C)C)Cc1nc2ccccc2c(=O)[nH]1. The largest absolute Gasteiger partial charge is 0.333 e. The Balaban J connectivity index is 2.02. The van der Waals surface area contributed by atoms with Crippen LogP contribution in [0.2, 0.25) is 0 Å². The van der Waals surface area contributed by atoms with Crippen LogP contribution in [0, 0.1) is 0 Å². The van der Waals surface area contributed by atoms with Crippen molar-refractivity contribution < 1.29 is 14.5 Å². The second-order valence-electron chi connectivity index (χ2n) is 7.24. The molecule has 1 aromatic heterocycles. The lowest BCUT2D eigenvalue weighted by atomic mass is 10.1. The maximum Gasteiger partial charge on any atom is 0.322 e. The third-order valence-electron chi connectivity index (χ3n) is 3.73. The van der Waals surface area contributed by atoms with Crippen LogP contribution in [0.5, 0.6) is 0 Å². The van der Waals surface area contributed by atoms with Crippen molar-refractivity contribution in [3.63, 3.8) is 0 Å². The zero-order chi connectivity index (χ0) is 19.3. The molecule has 8 nitrogen and oxygen atoms in total. The minimum absolute atomic E-state index is 0.102. The molecule has 0 spiro atoms. The maximum absolute atomic E-state index is 12.1. The highest BCUT2D eigenvalue weighted by atomic mass is 16.2. The summed E-state index contributed by atoms with van der Waals surface area (Å²) in [6.45, 7) is 8.56. The number of aromatic amines is 1. The number of quaternary nitrogens is 1. The zero-order valence-corrected chi connectivity index (χ0v) is 15.6. The number of para-hydroxylation sites is 1. The number of benzene rings is 1. The third kappa shape index (κ3) is 5.66. The van der Waals surface area contributed by atoms with Crippen molar-refractivity contribution in [3.05, 3.63) is 40.4 Å². The molecule has 1 atom stereocenters. The Hall–Kier alpha value is -2.74. The first-order valence-corrected chi connectivity index (χ1v) is 8.61. The minimum atomic E-state index is -0.518. The van der Waals surface area contributed by atoms with Crippen LogP contribution in [-0.2, 0) is 11.3 Å². The Kier molecular flexibility index (Phi) is 6.10. The van der Waals surface area contributed by atoms with Gasteiger partial charge in [-0.1, -0.05) is 12.1 Å². The molecule has 2 aromatic rings. The summed E-state index contributed by atoms with van der Waals surface area (Å²) in [5.41, 5.74) is 0.00154. The average molecular weight is 360 g/mol. The lowest BCUT2D eigenvalue weighted by molar-refractivity contribution is -0.904. The van der Waals surface area contributed by atoms with Gasteiger partial charge in [0.15, 0.2) is 12.4 Å². The molecule has 0 saturated carbocycles. The van der Waals surface area contributed by atoms with Crippen molar-refractivity contribution >= 4 is 22.8 Å². The number of amides is 3. The van der Waals surface area contributed by atoms with E-state index in [1.807, 2.05) is 33.8 Å². The molecule has 3 amide bonds. The number of hydrogen-bond donors (Lipinski definition) is 4. The first-order chi connectivity index (χ1) is 12.2. The van der Waals surface area contributed by atoms with Gasteiger partial charge in [-0.2, -0.15) is 0 Å². The predicted octanol–water partition coefficient (Wildman–Crippen LogP) is -0.0478. The highest BCUT2D eigenvalue weighted by Gasteiger charge is 2.19. The number of rotatable bonds is 5. The number of carbonyl (C=O) groups is 2. The van der Waals surface area contributed by atoms with Gasteiger partial charge in [-0.15, -0.1) is 0 Å². The summed E-state index contributed by atoms with van der Waals surface area (Å²) < 4.78 is 0. The Morgan fingerprint density at radius 1 is 1.23 bits per heavy atom. The number of nitrogens with one attached hydrogen (secondary N) is 4. The number of nitrogens with zero attached hydrogens (tertiary/aromatic N) is 1. The normalized spacial score (nSPS) is 12.6. The summed E-state index contributed by atoms with van der Waals surface area (Å²) in [7, 11) is 0. The molecule has 0 saturated heterocycles. The summed E-state index contributed by atoms with van der Waals surface area (Å²) in [4.78, 5) is 44.1. The fraction of sp³-hybridized carbons (Fsp3) is 0.444. The summed E-state index contributed by atoms with van der Waals surface area (Å²) >= 11 is 0. The first-order valence-electron chi connectivity index (χ1n) is 8.61. The smallest absolute Gasteiger partial charge is 0.322 e. The van der Waals surface area contributed by atoms with E-state index >= 15 is 0 Å². The number of fused-ring (bicyclic) bond motifs is 1. The predicted molar refractivity (Wildman–Crippen MR) is 98.9 cm³/mol. The number of urea groups is 1. The third-order valence-corrected chi connectivity index (χ3v) is 3.73. The molecule has 26 heavy (non-hydrogen) atoms. The number of likely N-dealkylation sites (N-methyl/N-ethyl adjacent to an activating group) is 1. The van der Waals surface area contributed by atoms with Crippen molar-refractivity contribution in [1.82, 2.24) is 20.6 Å². The van der Waals surface area contributed by atoms with E-state index in [9.17, 15) is 14.4 Å². The summed E-state index contributed by atoms with van der Waals surface area (Å²) in [5, 5.41) is 5.54. The fourth-order valence-electron chi connectivity index (χ4n) is 2.54. The van der Waals surface area contributed by atoms with Gasteiger partial charge < -0.3 is 15.2 Å². The van der Waals surface area contributed by atoms with Gasteiger partial charge in [-0.05, 0) is 39.8 Å². The molecule has 4 N–H and O–H groups in total. The molecule has 1 unspecified atom stereocenters. The van der Waals surface area contributed by atoms with Gasteiger partial charge in [0.1, 0.15) is 6.54 Å². The molecule has 0 bridgehead atoms. The molecule has 0 fully saturated rings. The molecule has 140 valence electrons. The maximum atomic E-state index is 12.1. The number of aromatic nitrogens is 2. The van der Waals surface area contributed by atoms with Gasteiger partial charge in [-0.3, -0.25) is 14.9 Å². The van der Waals surface area contributed by atoms with Crippen LogP contribution in [-0.4, -0.2) is 40.5 Å². The van der Waals surface area contributed by atoms with Gasteiger partial charge in [0.2, 0.25) is 0 Å². The van der Waals surface area contributed by atoms with Gasteiger partial charge in [0, 0.05) is 5.54 Å². The Morgan fingerprint density at radius 2 is 1.92 bits per heavy atom. The lowest BCUT2D eigenvalue weighted by Gasteiger charge is -2.21. The number of carbonyl (C=O) groups excluding carboxylic acids is 2. The fourth-order valence-corrected chi connectivity index (χ4v) is 2.54. The summed E-state index contributed by atoms with van der Waals surface area (Å²) in [6, 6.07) is 6.59. The molecule has 2 rings (SSSR count). The molecule has 0 aliphatic carbocycles. The van der Waals surface area contributed by atoms with Gasteiger partial charge in [0.05, 0.1) is 17.4 Å². The molecule has 8 heteroatoms. The first kappa shape index (κ1) is 19.6. The number of hydrogen-bond acceptors (Lipinski definition) is 4. The standard InChI is InChI=1S/C18H25N5O3/c1-5-23(11-15(24)21-17(26)22-18(2,3)4)10-14-19-13-9-7-6-8-12(13)16(25)20-14/h6-9H,5,10-11H2,1-4H3,(H,19,20,25)(H2,21,22,24,26)/p+1. The zero-order valence-electron chi connectivity index (χ0n) is 15.6. The molecule has 1 aromatic carbocycles. The summed E-state index contributed by atoms with van der Waals surface area (Å²) in [6.07, 6.45) is 0. The second kappa shape index (κ2) is 8.09. The van der Waals surface area contributed by atoms with E-state index < -0.39 is 11.6 Å². The molecule has 0 aliphatic heterocycles. The quantitative estimate of drug-likeness (QED) is 0.600. The number of H-pyrrole nitrogens is 1. The van der Waals surface area contributed by atoms with Gasteiger partial charge >= 0.3 is 6.03 Å². The van der Waals surface area contributed by atoms with E-state index in [-0.39, 0.29) is 18.0 Å². The van der Waals surface area contributed by atoms with E-state index in [1.54, 1.807) is 18.2 Å². The van der Waals surface area contributed by atoms with E-state index in [2.05, 4.69) is 20.6 Å².